The first-order chi connectivity index (χ1) is 6.74. The zero-order valence-corrected chi connectivity index (χ0v) is 9.36. The van der Waals surface area contributed by atoms with Gasteiger partial charge in [-0.25, -0.2) is 4.39 Å². The molecule has 0 aliphatic heterocycles. The predicted molar refractivity (Wildman–Crippen MR) is 59.6 cm³/mol. The van der Waals surface area contributed by atoms with E-state index < -0.39 is 0 Å². The topological polar surface area (TPSA) is 9.23 Å². The summed E-state index contributed by atoms with van der Waals surface area (Å²) in [6, 6.07) is 4.97. The minimum Gasteiger partial charge on any atom is -0.493 e. The fourth-order valence-electron chi connectivity index (χ4n) is 1.03. The van der Waals surface area contributed by atoms with Crippen molar-refractivity contribution < 1.29 is 9.13 Å². The SMILES string of the molecule is CCSCCOc1ccc(C)c(F)c1. The molecule has 0 aliphatic carbocycles. The molecule has 1 nitrogen and oxygen atoms in total. The van der Waals surface area contributed by atoms with Gasteiger partial charge >= 0.3 is 0 Å². The summed E-state index contributed by atoms with van der Waals surface area (Å²) in [4.78, 5) is 0. The Kier molecular flexibility index (Phi) is 4.80. The minimum absolute atomic E-state index is 0.203. The maximum absolute atomic E-state index is 13.1. The number of benzene rings is 1. The molecule has 0 aromatic heterocycles. The number of hydrogen-bond donors (Lipinski definition) is 0. The Bertz CT molecular complexity index is 289. The summed E-state index contributed by atoms with van der Waals surface area (Å²) >= 11 is 1.82. The van der Waals surface area contributed by atoms with Gasteiger partial charge in [0.15, 0.2) is 0 Å². The van der Waals surface area contributed by atoms with Crippen LogP contribution in [0.15, 0.2) is 18.2 Å². The summed E-state index contributed by atoms with van der Waals surface area (Å²) in [6.07, 6.45) is 0. The first-order valence-electron chi connectivity index (χ1n) is 4.70. The van der Waals surface area contributed by atoms with Gasteiger partial charge in [0.1, 0.15) is 11.6 Å². The van der Waals surface area contributed by atoms with Crippen molar-refractivity contribution >= 4 is 11.8 Å². The summed E-state index contributed by atoms with van der Waals surface area (Å²) in [6.45, 7) is 4.49. The largest absolute Gasteiger partial charge is 0.493 e. The molecule has 0 radical (unpaired) electrons. The standard InChI is InChI=1S/C11H15FOS/c1-3-14-7-6-13-10-5-4-9(2)11(12)8-10/h4-5,8H,3,6-7H2,1-2H3. The summed E-state index contributed by atoms with van der Waals surface area (Å²) < 4.78 is 18.5. The van der Waals surface area contributed by atoms with Crippen LogP contribution in [0.4, 0.5) is 4.39 Å². The van der Waals surface area contributed by atoms with Crippen molar-refractivity contribution in [2.45, 2.75) is 13.8 Å². The van der Waals surface area contributed by atoms with Gasteiger partial charge in [-0.1, -0.05) is 13.0 Å². The molecule has 0 heterocycles. The summed E-state index contributed by atoms with van der Waals surface area (Å²) in [5.74, 6) is 2.45. The molecule has 1 aromatic carbocycles. The van der Waals surface area contributed by atoms with Crippen molar-refractivity contribution in [3.63, 3.8) is 0 Å². The first kappa shape index (κ1) is 11.4. The highest BCUT2D eigenvalue weighted by atomic mass is 32.2. The Hall–Kier alpha value is -0.700. The maximum Gasteiger partial charge on any atom is 0.129 e. The lowest BCUT2D eigenvalue weighted by molar-refractivity contribution is 0.341. The highest BCUT2D eigenvalue weighted by Crippen LogP contribution is 2.15. The van der Waals surface area contributed by atoms with Crippen molar-refractivity contribution in [1.82, 2.24) is 0 Å². The third kappa shape index (κ3) is 3.58. The average molecular weight is 214 g/mol. The van der Waals surface area contributed by atoms with E-state index in [1.54, 1.807) is 19.1 Å². The highest BCUT2D eigenvalue weighted by molar-refractivity contribution is 7.99. The lowest BCUT2D eigenvalue weighted by Crippen LogP contribution is -2.00. The van der Waals surface area contributed by atoms with E-state index in [1.165, 1.54) is 6.07 Å². The minimum atomic E-state index is -0.203. The fraction of sp³-hybridized carbons (Fsp3) is 0.455. The molecule has 0 spiro atoms. The third-order valence-electron chi connectivity index (χ3n) is 1.84. The molecule has 0 aliphatic rings. The molecule has 0 unspecified atom stereocenters. The normalized spacial score (nSPS) is 10.2. The van der Waals surface area contributed by atoms with E-state index in [9.17, 15) is 4.39 Å². The van der Waals surface area contributed by atoms with Crippen LogP contribution in [0.5, 0.6) is 5.75 Å². The molecule has 0 atom stereocenters. The number of thioether (sulfide) groups is 1. The quantitative estimate of drug-likeness (QED) is 0.696. The number of halogens is 1. The monoisotopic (exact) mass is 214 g/mol. The third-order valence-corrected chi connectivity index (χ3v) is 2.71. The predicted octanol–water partition coefficient (Wildman–Crippen LogP) is 3.27. The Balaban J connectivity index is 2.39. The van der Waals surface area contributed by atoms with Gasteiger partial charge < -0.3 is 4.74 Å². The molecule has 0 saturated carbocycles. The average Bonchev–Trinajstić information content (AvgIpc) is 2.18. The van der Waals surface area contributed by atoms with Crippen LogP contribution in [0.2, 0.25) is 0 Å². The van der Waals surface area contributed by atoms with Crippen molar-refractivity contribution in [2.75, 3.05) is 18.1 Å². The van der Waals surface area contributed by atoms with E-state index in [0.29, 0.717) is 17.9 Å². The van der Waals surface area contributed by atoms with Crippen molar-refractivity contribution in [1.29, 1.82) is 0 Å². The number of ether oxygens (including phenoxy) is 1. The van der Waals surface area contributed by atoms with E-state index >= 15 is 0 Å². The second kappa shape index (κ2) is 5.91. The van der Waals surface area contributed by atoms with Crippen LogP contribution < -0.4 is 4.74 Å². The Morgan fingerprint density at radius 3 is 2.86 bits per heavy atom. The van der Waals surface area contributed by atoms with E-state index in [2.05, 4.69) is 6.92 Å². The van der Waals surface area contributed by atoms with Gasteiger partial charge in [0.05, 0.1) is 6.61 Å². The molecule has 0 bridgehead atoms. The second-order valence-corrected chi connectivity index (χ2v) is 4.35. The molecule has 3 heteroatoms. The summed E-state index contributed by atoms with van der Waals surface area (Å²) in [5.41, 5.74) is 0.653. The van der Waals surface area contributed by atoms with Gasteiger partial charge in [-0.05, 0) is 24.3 Å². The van der Waals surface area contributed by atoms with Gasteiger partial charge in [-0.15, -0.1) is 0 Å². The highest BCUT2D eigenvalue weighted by Gasteiger charge is 1.99. The van der Waals surface area contributed by atoms with E-state index in [0.717, 1.165) is 11.5 Å². The van der Waals surface area contributed by atoms with Crippen LogP contribution in [-0.2, 0) is 0 Å². The molecule has 0 fully saturated rings. The zero-order valence-electron chi connectivity index (χ0n) is 8.55. The summed E-state index contributed by atoms with van der Waals surface area (Å²) in [7, 11) is 0. The smallest absolute Gasteiger partial charge is 0.129 e. The Morgan fingerprint density at radius 2 is 2.21 bits per heavy atom. The zero-order chi connectivity index (χ0) is 10.4. The van der Waals surface area contributed by atoms with Crippen molar-refractivity contribution in [2.24, 2.45) is 0 Å². The number of aryl methyl sites for hydroxylation is 1. The van der Waals surface area contributed by atoms with Crippen LogP contribution in [0, 0.1) is 12.7 Å². The van der Waals surface area contributed by atoms with E-state index in [-0.39, 0.29) is 5.82 Å². The van der Waals surface area contributed by atoms with Crippen LogP contribution >= 0.6 is 11.8 Å². The molecule has 0 N–H and O–H groups in total. The molecule has 14 heavy (non-hydrogen) atoms. The lowest BCUT2D eigenvalue weighted by Gasteiger charge is -2.06. The van der Waals surface area contributed by atoms with Gasteiger partial charge in [-0.3, -0.25) is 0 Å². The van der Waals surface area contributed by atoms with E-state index in [4.69, 9.17) is 4.74 Å². The molecular formula is C11H15FOS. The maximum atomic E-state index is 13.1. The van der Waals surface area contributed by atoms with Crippen molar-refractivity contribution in [3.8, 4) is 5.75 Å². The molecule has 1 aromatic rings. The van der Waals surface area contributed by atoms with E-state index in [1.807, 2.05) is 11.8 Å². The van der Waals surface area contributed by atoms with Crippen molar-refractivity contribution in [3.05, 3.63) is 29.6 Å². The number of hydrogen-bond acceptors (Lipinski definition) is 2. The fourth-order valence-corrected chi connectivity index (χ4v) is 1.52. The van der Waals surface area contributed by atoms with Gasteiger partial charge in [0.25, 0.3) is 0 Å². The Morgan fingerprint density at radius 1 is 1.43 bits per heavy atom. The van der Waals surface area contributed by atoms with Gasteiger partial charge in [0.2, 0.25) is 0 Å². The van der Waals surface area contributed by atoms with Crippen LogP contribution in [0.3, 0.4) is 0 Å². The molecule has 0 saturated heterocycles. The van der Waals surface area contributed by atoms with Crippen LogP contribution in [0.1, 0.15) is 12.5 Å². The molecule has 1 rings (SSSR count). The second-order valence-electron chi connectivity index (χ2n) is 2.96. The van der Waals surface area contributed by atoms with Gasteiger partial charge in [-0.2, -0.15) is 11.8 Å². The Labute approximate surface area is 88.7 Å². The molecular weight excluding hydrogens is 199 g/mol. The molecule has 78 valence electrons. The lowest BCUT2D eigenvalue weighted by atomic mass is 10.2. The van der Waals surface area contributed by atoms with Gasteiger partial charge in [0, 0.05) is 11.8 Å². The summed E-state index contributed by atoms with van der Waals surface area (Å²) in [5, 5.41) is 0. The van der Waals surface area contributed by atoms with Crippen LogP contribution in [0.25, 0.3) is 0 Å². The van der Waals surface area contributed by atoms with Crippen LogP contribution in [-0.4, -0.2) is 18.1 Å². The number of rotatable bonds is 5. The molecule has 0 amide bonds. The first-order valence-corrected chi connectivity index (χ1v) is 5.86.